The molecule has 5 aromatic carbocycles. The minimum atomic E-state index is -1.61. The van der Waals surface area contributed by atoms with Gasteiger partial charge in [0, 0.05) is 84.4 Å². The minimum Gasteiger partial charge on any atom is -0.495 e. The minimum absolute atomic E-state index is 0.0322. The molecule has 1 aliphatic carbocycles. The van der Waals surface area contributed by atoms with Crippen LogP contribution in [0.2, 0.25) is 19.6 Å². The number of nitrogens with zero attached hydrogens (tertiary/aromatic N) is 3. The maximum absolute atomic E-state index is 13.1. The Hall–Kier alpha value is -6.33. The molecule has 0 radical (unpaired) electrons. The maximum atomic E-state index is 13.1. The highest BCUT2D eigenvalue weighted by Crippen LogP contribution is 2.59. The number of benzene rings is 5. The second-order valence-electron chi connectivity index (χ2n) is 20.3. The van der Waals surface area contributed by atoms with E-state index >= 15 is 0 Å². The number of carbonyl (C=O) groups is 3. The zero-order valence-corrected chi connectivity index (χ0v) is 41.8. The number of esters is 2. The van der Waals surface area contributed by atoms with E-state index in [0.717, 1.165) is 58.0 Å². The summed E-state index contributed by atoms with van der Waals surface area (Å²) in [6.07, 6.45) is 8.20. The van der Waals surface area contributed by atoms with Crippen LogP contribution in [0.5, 0.6) is 11.5 Å². The number of hydrogen-bond acceptors (Lipinski definition) is 9. The molecule has 0 aromatic heterocycles. The molecule has 2 saturated heterocycles. The fourth-order valence-corrected chi connectivity index (χ4v) is 11.8. The SMILES string of the molecule is C=C(C)C(=O)OCCOC(=O)CCC(=O)N1CCN(c2ccc(C3(c4ccccc4)C=Cc4c5c(c6cc(N7CCCCC7)c(OC)cc6c4O3)-c3ccc([Si](C)(C)C)cc3C5(C)C)cc2)CC1. The molecule has 68 heavy (non-hydrogen) atoms. The van der Waals surface area contributed by atoms with Gasteiger partial charge < -0.3 is 33.6 Å². The molecule has 4 aliphatic rings. The van der Waals surface area contributed by atoms with Gasteiger partial charge in [0.2, 0.25) is 5.91 Å². The lowest BCUT2D eigenvalue weighted by molar-refractivity contribution is -0.151. The standard InChI is InChI=1S/C57H65N3O7Si/c1-38(2)55(63)66-34-33-65-51(62)24-23-50(61)60-31-29-58(30-32-60)41-19-17-40(18-20-41)57(39-15-11-9-12-16-39)26-25-44-53-52(43-22-21-42(68(6,7)8)35-47(43)56(53,3)4)45-36-48(59-27-13-10-14-28-59)49(64-5)37-46(45)54(44)67-57/h9,11-12,15-22,25-26,35-37H,1,10,13-14,23-24,27-34H2,2-8H3. The summed E-state index contributed by atoms with van der Waals surface area (Å²) in [7, 11) is 0.180. The Morgan fingerprint density at radius 2 is 1.46 bits per heavy atom. The molecule has 0 saturated carbocycles. The number of hydrogen-bond donors (Lipinski definition) is 0. The van der Waals surface area contributed by atoms with E-state index in [4.69, 9.17) is 18.9 Å². The first kappa shape index (κ1) is 46.8. The molecule has 2 fully saturated rings. The Balaban J connectivity index is 1.02. The summed E-state index contributed by atoms with van der Waals surface area (Å²) in [5.74, 6) is 0.610. The van der Waals surface area contributed by atoms with E-state index in [1.54, 1.807) is 14.0 Å². The molecular formula is C57H65N3O7Si. The summed E-state index contributed by atoms with van der Waals surface area (Å²) in [5.41, 5.74) is 9.72. The third-order valence-corrected chi connectivity index (χ3v) is 16.5. The Kier molecular flexibility index (Phi) is 12.8. The predicted octanol–water partition coefficient (Wildman–Crippen LogP) is 10.1. The predicted molar refractivity (Wildman–Crippen MR) is 275 cm³/mol. The molecule has 1 atom stereocenters. The van der Waals surface area contributed by atoms with Gasteiger partial charge >= 0.3 is 11.9 Å². The molecule has 354 valence electrons. The van der Waals surface area contributed by atoms with E-state index in [-0.39, 0.29) is 43.0 Å². The van der Waals surface area contributed by atoms with Gasteiger partial charge in [-0.15, -0.1) is 0 Å². The van der Waals surface area contributed by atoms with Crippen LogP contribution in [-0.2, 0) is 34.9 Å². The number of fused-ring (bicyclic) bond motifs is 8. The number of anilines is 2. The van der Waals surface area contributed by atoms with Crippen LogP contribution in [-0.4, -0.2) is 90.4 Å². The van der Waals surface area contributed by atoms with Crippen molar-refractivity contribution in [3.63, 3.8) is 0 Å². The topological polar surface area (TPSA) is 97.8 Å². The first-order valence-corrected chi connectivity index (χ1v) is 27.8. The van der Waals surface area contributed by atoms with Gasteiger partial charge in [0.15, 0.2) is 5.60 Å². The third-order valence-electron chi connectivity index (χ3n) is 14.5. The normalized spacial score (nSPS) is 18.3. The van der Waals surface area contributed by atoms with Crippen molar-refractivity contribution in [2.45, 2.75) is 83.5 Å². The van der Waals surface area contributed by atoms with Crippen LogP contribution in [0.4, 0.5) is 11.4 Å². The molecule has 3 aliphatic heterocycles. The second-order valence-corrected chi connectivity index (χ2v) is 25.4. The lowest BCUT2D eigenvalue weighted by Gasteiger charge is -2.39. The van der Waals surface area contributed by atoms with Gasteiger partial charge in [-0.3, -0.25) is 9.59 Å². The van der Waals surface area contributed by atoms with E-state index in [1.807, 2.05) is 11.0 Å². The van der Waals surface area contributed by atoms with Crippen molar-refractivity contribution in [1.82, 2.24) is 4.90 Å². The molecule has 10 nitrogen and oxygen atoms in total. The number of methoxy groups -OCH3 is 1. The van der Waals surface area contributed by atoms with Crippen LogP contribution in [0.3, 0.4) is 0 Å². The molecule has 0 N–H and O–H groups in total. The largest absolute Gasteiger partial charge is 0.495 e. The van der Waals surface area contributed by atoms with Crippen molar-refractivity contribution in [2.24, 2.45) is 0 Å². The number of rotatable bonds is 13. The van der Waals surface area contributed by atoms with Gasteiger partial charge in [-0.1, -0.05) is 112 Å². The van der Waals surface area contributed by atoms with E-state index in [1.165, 1.54) is 52.1 Å². The van der Waals surface area contributed by atoms with Gasteiger partial charge in [0.05, 0.1) is 27.3 Å². The number of piperidine rings is 1. The summed E-state index contributed by atoms with van der Waals surface area (Å²) >= 11 is 0. The Labute approximate surface area is 402 Å². The Morgan fingerprint density at radius 1 is 0.765 bits per heavy atom. The highest BCUT2D eigenvalue weighted by atomic mass is 28.3. The van der Waals surface area contributed by atoms with E-state index < -0.39 is 25.6 Å². The summed E-state index contributed by atoms with van der Waals surface area (Å²) in [6, 6.07) is 31.1. The number of amides is 1. The lowest BCUT2D eigenvalue weighted by Crippen LogP contribution is -2.48. The maximum Gasteiger partial charge on any atom is 0.333 e. The fraction of sp³-hybridized carbons (Fsp3) is 0.386. The number of carbonyl (C=O) groups excluding carboxylic acids is 3. The van der Waals surface area contributed by atoms with Crippen LogP contribution in [0.1, 0.15) is 80.7 Å². The molecule has 1 amide bonds. The monoisotopic (exact) mass is 931 g/mol. The highest BCUT2D eigenvalue weighted by molar-refractivity contribution is 6.88. The van der Waals surface area contributed by atoms with Crippen LogP contribution < -0.4 is 24.5 Å². The van der Waals surface area contributed by atoms with Crippen LogP contribution in [0.15, 0.2) is 103 Å². The Morgan fingerprint density at radius 3 is 2.13 bits per heavy atom. The van der Waals surface area contributed by atoms with Crippen molar-refractivity contribution in [2.75, 3.05) is 69.4 Å². The summed E-state index contributed by atoms with van der Waals surface area (Å²) in [6.45, 7) is 21.5. The second kappa shape index (κ2) is 18.6. The van der Waals surface area contributed by atoms with Gasteiger partial charge in [-0.2, -0.15) is 0 Å². The quantitative estimate of drug-likeness (QED) is 0.0495. The van der Waals surface area contributed by atoms with Gasteiger partial charge in [0.1, 0.15) is 24.7 Å². The molecule has 5 aromatic rings. The van der Waals surface area contributed by atoms with Gasteiger partial charge in [-0.05, 0) is 84.2 Å². The smallest absolute Gasteiger partial charge is 0.333 e. The average Bonchev–Trinajstić information content (AvgIpc) is 3.59. The van der Waals surface area contributed by atoms with Crippen molar-refractivity contribution in [1.29, 1.82) is 0 Å². The Bertz CT molecular complexity index is 2800. The molecule has 3 heterocycles. The van der Waals surface area contributed by atoms with Gasteiger partial charge in [-0.25, -0.2) is 4.79 Å². The van der Waals surface area contributed by atoms with Crippen LogP contribution >= 0.6 is 0 Å². The molecule has 1 unspecified atom stereocenters. The molecule has 11 heteroatoms. The van der Waals surface area contributed by atoms with Crippen molar-refractivity contribution in [3.8, 4) is 22.6 Å². The third kappa shape index (κ3) is 8.70. The molecule has 0 bridgehead atoms. The van der Waals surface area contributed by atoms with Crippen LogP contribution in [0.25, 0.3) is 28.0 Å². The first-order chi connectivity index (χ1) is 32.6. The molecule has 9 rings (SSSR count). The number of piperazine rings is 1. The summed E-state index contributed by atoms with van der Waals surface area (Å²) < 4.78 is 24.1. The zero-order valence-electron chi connectivity index (χ0n) is 40.8. The first-order valence-electron chi connectivity index (χ1n) is 24.3. The molecular weight excluding hydrogens is 867 g/mol. The summed E-state index contributed by atoms with van der Waals surface area (Å²) in [4.78, 5) is 43.6. The van der Waals surface area contributed by atoms with Crippen molar-refractivity contribution < 1.29 is 33.3 Å². The van der Waals surface area contributed by atoms with Crippen molar-refractivity contribution in [3.05, 3.63) is 131 Å². The van der Waals surface area contributed by atoms with E-state index in [9.17, 15) is 14.4 Å². The van der Waals surface area contributed by atoms with E-state index in [2.05, 4.69) is 141 Å². The lowest BCUT2D eigenvalue weighted by atomic mass is 9.76. The van der Waals surface area contributed by atoms with Gasteiger partial charge in [0.25, 0.3) is 0 Å². The molecule has 0 spiro atoms. The highest BCUT2D eigenvalue weighted by Gasteiger charge is 2.45. The fourth-order valence-electron chi connectivity index (χ4n) is 10.7. The summed E-state index contributed by atoms with van der Waals surface area (Å²) in [5, 5.41) is 3.70. The number of ether oxygens (including phenoxy) is 4. The van der Waals surface area contributed by atoms with Crippen molar-refractivity contribution >= 4 is 59.3 Å². The average molecular weight is 932 g/mol. The zero-order chi connectivity index (χ0) is 48.0. The van der Waals surface area contributed by atoms with E-state index in [0.29, 0.717) is 26.2 Å². The van der Waals surface area contributed by atoms with Crippen LogP contribution in [0, 0.1) is 0 Å².